The van der Waals surface area contributed by atoms with Crippen LogP contribution < -0.4 is 5.32 Å². The Kier molecular flexibility index (Phi) is 3.87. The Morgan fingerprint density at radius 3 is 2.63 bits per heavy atom. The molecular weight excluding hydrogens is 294 g/mol. The van der Waals surface area contributed by atoms with Crippen molar-refractivity contribution in [2.75, 3.05) is 5.32 Å². The van der Waals surface area contributed by atoms with Gasteiger partial charge in [-0.2, -0.15) is 0 Å². The van der Waals surface area contributed by atoms with Crippen LogP contribution in [-0.4, -0.2) is 16.1 Å². The number of aromatic carboxylic acids is 1. The van der Waals surface area contributed by atoms with Gasteiger partial charge in [0.2, 0.25) is 0 Å². The largest absolute Gasteiger partial charge is 0.478 e. The zero-order chi connectivity index (χ0) is 14.0. The van der Waals surface area contributed by atoms with Crippen LogP contribution in [0.15, 0.2) is 30.5 Å². The van der Waals surface area contributed by atoms with Gasteiger partial charge in [0.15, 0.2) is 0 Å². The van der Waals surface area contributed by atoms with Crippen molar-refractivity contribution in [1.82, 2.24) is 4.98 Å². The molecule has 0 atom stereocenters. The second-order valence-corrected chi connectivity index (χ2v) is 4.42. The maximum atomic E-state index is 12.9. The first-order chi connectivity index (χ1) is 8.97. The zero-order valence-electron chi connectivity index (χ0n) is 9.32. The quantitative estimate of drug-likeness (QED) is 0.900. The second-order valence-electron chi connectivity index (χ2n) is 3.60. The maximum Gasteiger partial charge on any atom is 0.337 e. The average Bonchev–Trinajstić information content (AvgIpc) is 2.34. The highest BCUT2D eigenvalue weighted by molar-refractivity contribution is 6.34. The van der Waals surface area contributed by atoms with Crippen LogP contribution in [0.25, 0.3) is 0 Å². The van der Waals surface area contributed by atoms with E-state index < -0.39 is 11.8 Å². The number of nitrogens with one attached hydrogen (secondary N) is 1. The number of benzene rings is 1. The fourth-order valence-electron chi connectivity index (χ4n) is 1.40. The van der Waals surface area contributed by atoms with E-state index in [1.54, 1.807) is 0 Å². The van der Waals surface area contributed by atoms with Crippen LogP contribution in [0.1, 0.15) is 10.4 Å². The summed E-state index contributed by atoms with van der Waals surface area (Å²) in [5.41, 5.74) is 0.326. The fraction of sp³-hybridized carbons (Fsp3) is 0. The molecule has 0 aliphatic carbocycles. The van der Waals surface area contributed by atoms with E-state index in [1.165, 1.54) is 24.4 Å². The SMILES string of the molecule is O=C(O)c1cc(Nc2ccc(F)cc2Cl)ncc1Cl. The molecule has 0 radical (unpaired) electrons. The van der Waals surface area contributed by atoms with Gasteiger partial charge in [0.1, 0.15) is 11.6 Å². The number of aromatic nitrogens is 1. The number of anilines is 2. The van der Waals surface area contributed by atoms with Crippen molar-refractivity contribution in [3.05, 3.63) is 51.9 Å². The summed E-state index contributed by atoms with van der Waals surface area (Å²) in [5, 5.41) is 11.9. The fourth-order valence-corrected chi connectivity index (χ4v) is 1.80. The lowest BCUT2D eigenvalue weighted by Gasteiger charge is -2.08. The number of carbonyl (C=O) groups is 1. The van der Waals surface area contributed by atoms with Gasteiger partial charge in [0.25, 0.3) is 0 Å². The first kappa shape index (κ1) is 13.6. The van der Waals surface area contributed by atoms with Gasteiger partial charge in [0, 0.05) is 6.20 Å². The summed E-state index contributed by atoms with van der Waals surface area (Å²) in [6.45, 7) is 0. The molecule has 2 N–H and O–H groups in total. The predicted molar refractivity (Wildman–Crippen MR) is 70.9 cm³/mol. The Hall–Kier alpha value is -1.85. The summed E-state index contributed by atoms with van der Waals surface area (Å²) in [6, 6.07) is 5.05. The minimum atomic E-state index is -1.17. The van der Waals surface area contributed by atoms with Crippen molar-refractivity contribution < 1.29 is 14.3 Å². The van der Waals surface area contributed by atoms with Crippen LogP contribution in [0.4, 0.5) is 15.9 Å². The Morgan fingerprint density at radius 2 is 2.00 bits per heavy atom. The molecular formula is C12H7Cl2FN2O2. The van der Waals surface area contributed by atoms with Crippen molar-refractivity contribution in [2.24, 2.45) is 0 Å². The van der Waals surface area contributed by atoms with Crippen molar-refractivity contribution in [3.63, 3.8) is 0 Å². The average molecular weight is 301 g/mol. The molecule has 98 valence electrons. The van der Waals surface area contributed by atoms with Gasteiger partial charge >= 0.3 is 5.97 Å². The summed E-state index contributed by atoms with van der Waals surface area (Å²) in [5.74, 6) is -1.39. The van der Waals surface area contributed by atoms with E-state index in [2.05, 4.69) is 10.3 Å². The molecule has 0 saturated heterocycles. The maximum absolute atomic E-state index is 12.9. The molecule has 2 rings (SSSR count). The van der Waals surface area contributed by atoms with E-state index in [-0.39, 0.29) is 21.4 Å². The molecule has 0 amide bonds. The monoisotopic (exact) mass is 300 g/mol. The van der Waals surface area contributed by atoms with Crippen molar-refractivity contribution in [2.45, 2.75) is 0 Å². The van der Waals surface area contributed by atoms with Crippen LogP contribution in [0, 0.1) is 5.82 Å². The van der Waals surface area contributed by atoms with Crippen LogP contribution in [0.5, 0.6) is 0 Å². The number of rotatable bonds is 3. The van der Waals surface area contributed by atoms with Gasteiger partial charge < -0.3 is 10.4 Å². The topological polar surface area (TPSA) is 62.2 Å². The summed E-state index contributed by atoms with van der Waals surface area (Å²) >= 11 is 11.5. The predicted octanol–water partition coefficient (Wildman–Crippen LogP) is 3.97. The number of hydrogen-bond donors (Lipinski definition) is 2. The van der Waals surface area contributed by atoms with Crippen LogP contribution >= 0.6 is 23.2 Å². The normalized spacial score (nSPS) is 10.3. The summed E-state index contributed by atoms with van der Waals surface area (Å²) in [6.07, 6.45) is 1.21. The zero-order valence-corrected chi connectivity index (χ0v) is 10.8. The molecule has 1 aromatic carbocycles. The number of carboxylic acids is 1. The minimum Gasteiger partial charge on any atom is -0.478 e. The van der Waals surface area contributed by atoms with Gasteiger partial charge in [-0.25, -0.2) is 14.2 Å². The lowest BCUT2D eigenvalue weighted by molar-refractivity contribution is 0.0697. The van der Waals surface area contributed by atoms with Crippen LogP contribution in [0.3, 0.4) is 0 Å². The Balaban J connectivity index is 2.33. The molecule has 19 heavy (non-hydrogen) atoms. The third-order valence-electron chi connectivity index (χ3n) is 2.28. The summed E-state index contributed by atoms with van der Waals surface area (Å²) < 4.78 is 12.9. The standard InChI is InChI=1S/C12H7Cl2FN2O2/c13-8-3-6(15)1-2-10(8)17-11-4-7(12(18)19)9(14)5-16-11/h1-5H,(H,16,17)(H,18,19). The number of carboxylic acid groups (broad SMARTS) is 1. The molecule has 0 aliphatic heterocycles. The van der Waals surface area contributed by atoms with E-state index in [1.807, 2.05) is 0 Å². The van der Waals surface area contributed by atoms with E-state index >= 15 is 0 Å². The number of halogens is 3. The van der Waals surface area contributed by atoms with Crippen molar-refractivity contribution in [3.8, 4) is 0 Å². The van der Waals surface area contributed by atoms with E-state index in [0.29, 0.717) is 5.69 Å². The van der Waals surface area contributed by atoms with Crippen molar-refractivity contribution >= 4 is 40.7 Å². The second kappa shape index (κ2) is 5.42. The van der Waals surface area contributed by atoms with Gasteiger partial charge in [-0.05, 0) is 24.3 Å². The molecule has 4 nitrogen and oxygen atoms in total. The smallest absolute Gasteiger partial charge is 0.337 e. The van der Waals surface area contributed by atoms with Crippen molar-refractivity contribution in [1.29, 1.82) is 0 Å². The number of nitrogens with zero attached hydrogens (tertiary/aromatic N) is 1. The summed E-state index contributed by atoms with van der Waals surface area (Å²) in [7, 11) is 0. The molecule has 2 aromatic rings. The lowest BCUT2D eigenvalue weighted by atomic mass is 10.2. The molecule has 0 fully saturated rings. The first-order valence-corrected chi connectivity index (χ1v) is 5.84. The van der Waals surface area contributed by atoms with E-state index in [9.17, 15) is 9.18 Å². The highest BCUT2D eigenvalue weighted by Crippen LogP contribution is 2.26. The molecule has 7 heteroatoms. The molecule has 0 spiro atoms. The third kappa shape index (κ3) is 3.13. The van der Waals surface area contributed by atoms with Gasteiger partial charge in [-0.3, -0.25) is 0 Å². The highest BCUT2D eigenvalue weighted by atomic mass is 35.5. The van der Waals surface area contributed by atoms with Gasteiger partial charge in [0.05, 0.1) is 21.3 Å². The van der Waals surface area contributed by atoms with E-state index in [4.69, 9.17) is 28.3 Å². The first-order valence-electron chi connectivity index (χ1n) is 5.08. The Morgan fingerprint density at radius 1 is 1.26 bits per heavy atom. The summed E-state index contributed by atoms with van der Waals surface area (Å²) in [4.78, 5) is 14.8. The minimum absolute atomic E-state index is 0.0308. The van der Waals surface area contributed by atoms with Crippen LogP contribution in [-0.2, 0) is 0 Å². The highest BCUT2D eigenvalue weighted by Gasteiger charge is 2.11. The Bertz CT molecular complexity index is 650. The number of hydrogen-bond acceptors (Lipinski definition) is 3. The van der Waals surface area contributed by atoms with Gasteiger partial charge in [-0.15, -0.1) is 0 Å². The van der Waals surface area contributed by atoms with E-state index in [0.717, 1.165) is 6.07 Å². The number of pyridine rings is 1. The lowest BCUT2D eigenvalue weighted by Crippen LogP contribution is -2.01. The molecule has 0 unspecified atom stereocenters. The molecule has 1 heterocycles. The third-order valence-corrected chi connectivity index (χ3v) is 2.89. The molecule has 0 bridgehead atoms. The Labute approximate surface area is 117 Å². The van der Waals surface area contributed by atoms with Crippen LogP contribution in [0.2, 0.25) is 10.0 Å². The van der Waals surface area contributed by atoms with Gasteiger partial charge in [-0.1, -0.05) is 23.2 Å². The molecule has 0 saturated carbocycles. The molecule has 0 aliphatic rings. The molecule has 1 aromatic heterocycles.